The molecule has 6 nitrogen and oxygen atoms in total. The number of hydrogen-bond acceptors (Lipinski definition) is 7. The maximum absolute atomic E-state index is 9.30. The summed E-state index contributed by atoms with van der Waals surface area (Å²) in [7, 11) is 0. The number of ether oxygens (including phenoxy) is 2. The Morgan fingerprint density at radius 1 is 0.935 bits per heavy atom. The molecule has 1 unspecified atom stereocenters. The molecule has 31 heavy (non-hydrogen) atoms. The van der Waals surface area contributed by atoms with Gasteiger partial charge in [0.15, 0.2) is 11.5 Å². The van der Waals surface area contributed by atoms with Gasteiger partial charge in [-0.15, -0.1) is 10.2 Å². The predicted octanol–water partition coefficient (Wildman–Crippen LogP) is 5.41. The molecule has 3 aromatic carbocycles. The molecule has 0 amide bonds. The van der Waals surface area contributed by atoms with Gasteiger partial charge in [-0.3, -0.25) is 0 Å². The van der Waals surface area contributed by atoms with Crippen molar-refractivity contribution in [3.8, 4) is 28.7 Å². The number of nitrogens with zero attached hydrogens (tertiary/aromatic N) is 3. The highest BCUT2D eigenvalue weighted by atomic mass is 32.2. The summed E-state index contributed by atoms with van der Waals surface area (Å²) < 4.78 is 17.4. The number of para-hydroxylation sites is 2. The largest absolute Gasteiger partial charge is 0.485 e. The summed E-state index contributed by atoms with van der Waals surface area (Å²) in [6.45, 7) is 0.328. The number of thioether (sulfide) groups is 1. The van der Waals surface area contributed by atoms with Crippen LogP contribution >= 0.6 is 11.8 Å². The Kier molecular flexibility index (Phi) is 5.29. The van der Waals surface area contributed by atoms with Crippen molar-refractivity contribution < 1.29 is 13.9 Å². The molecule has 0 saturated heterocycles. The van der Waals surface area contributed by atoms with Crippen molar-refractivity contribution in [3.05, 3.63) is 89.8 Å². The van der Waals surface area contributed by atoms with Crippen molar-refractivity contribution in [1.82, 2.24) is 10.2 Å². The average molecular weight is 427 g/mol. The smallest absolute Gasteiger partial charge is 0.277 e. The minimum atomic E-state index is -0.420. The Hall–Kier alpha value is -3.76. The van der Waals surface area contributed by atoms with Gasteiger partial charge in [0.25, 0.3) is 11.1 Å². The molecule has 0 fully saturated rings. The quantitative estimate of drug-likeness (QED) is 0.394. The lowest BCUT2D eigenvalue weighted by Gasteiger charge is -2.23. The van der Waals surface area contributed by atoms with E-state index in [9.17, 15) is 5.26 Å². The first-order valence-electron chi connectivity index (χ1n) is 9.73. The maximum Gasteiger partial charge on any atom is 0.277 e. The van der Waals surface area contributed by atoms with Crippen molar-refractivity contribution >= 4 is 11.8 Å². The molecule has 7 heteroatoms. The first kappa shape index (κ1) is 19.2. The van der Waals surface area contributed by atoms with Crippen LogP contribution in [0.2, 0.25) is 0 Å². The average Bonchev–Trinajstić information content (AvgIpc) is 3.32. The summed E-state index contributed by atoms with van der Waals surface area (Å²) in [5, 5.41) is 18.0. The second kappa shape index (κ2) is 8.54. The summed E-state index contributed by atoms with van der Waals surface area (Å²) in [6, 6.07) is 25.5. The van der Waals surface area contributed by atoms with Crippen molar-refractivity contribution in [2.45, 2.75) is 17.1 Å². The summed E-state index contributed by atoms with van der Waals surface area (Å²) in [5.41, 5.74) is 3.73. The summed E-state index contributed by atoms with van der Waals surface area (Å²) in [5.74, 6) is 2.48. The Morgan fingerprint density at radius 2 is 1.71 bits per heavy atom. The fraction of sp³-hybridized carbons (Fsp3) is 0.125. The van der Waals surface area contributed by atoms with Crippen molar-refractivity contribution in [3.63, 3.8) is 0 Å². The van der Waals surface area contributed by atoms with Crippen LogP contribution < -0.4 is 9.47 Å². The third-order valence-corrected chi connectivity index (χ3v) is 5.77. The number of benzene rings is 3. The lowest BCUT2D eigenvalue weighted by atomic mass is 10.00. The van der Waals surface area contributed by atoms with E-state index >= 15 is 0 Å². The molecule has 0 radical (unpaired) electrons. The van der Waals surface area contributed by atoms with Gasteiger partial charge in [0, 0.05) is 5.75 Å². The van der Waals surface area contributed by atoms with Gasteiger partial charge in [0.05, 0.1) is 11.6 Å². The molecular formula is C24H17N3O3S. The molecule has 0 spiro atoms. The van der Waals surface area contributed by atoms with Crippen LogP contribution in [0.25, 0.3) is 11.1 Å². The highest BCUT2D eigenvalue weighted by Gasteiger charge is 2.27. The SMILES string of the molecule is N#Cc1ccccc1-c1ccc(CSc2nnc(C3COc4ccccc4O3)o2)cc1. The molecule has 1 aliphatic heterocycles. The topological polar surface area (TPSA) is 81.2 Å². The van der Waals surface area contributed by atoms with Gasteiger partial charge < -0.3 is 13.9 Å². The Labute approximate surface area is 183 Å². The van der Waals surface area contributed by atoms with Crippen LogP contribution in [0.5, 0.6) is 11.5 Å². The Balaban J connectivity index is 1.22. The van der Waals surface area contributed by atoms with Crippen molar-refractivity contribution in [2.24, 2.45) is 0 Å². The van der Waals surface area contributed by atoms with E-state index in [0.717, 1.165) is 16.7 Å². The molecule has 1 atom stereocenters. The van der Waals surface area contributed by atoms with E-state index in [4.69, 9.17) is 13.9 Å². The molecule has 0 bridgehead atoms. The van der Waals surface area contributed by atoms with Gasteiger partial charge in [0.2, 0.25) is 6.10 Å². The van der Waals surface area contributed by atoms with Gasteiger partial charge in [0.1, 0.15) is 6.61 Å². The second-order valence-electron chi connectivity index (χ2n) is 6.91. The van der Waals surface area contributed by atoms with E-state index in [2.05, 4.69) is 16.3 Å². The highest BCUT2D eigenvalue weighted by Crippen LogP contribution is 2.36. The molecule has 2 heterocycles. The summed E-state index contributed by atoms with van der Waals surface area (Å²) in [4.78, 5) is 0. The number of fused-ring (bicyclic) bond motifs is 1. The van der Waals surface area contributed by atoms with Gasteiger partial charge >= 0.3 is 0 Å². The standard InChI is InChI=1S/C24H17N3O3S/c25-13-18-5-1-2-6-19(18)17-11-9-16(10-12-17)15-31-24-27-26-23(30-24)22-14-28-20-7-3-4-8-21(20)29-22/h1-12,22H,14-15H2. The van der Waals surface area contributed by atoms with Crippen LogP contribution in [0.1, 0.15) is 23.1 Å². The third kappa shape index (κ3) is 4.11. The molecule has 0 saturated carbocycles. The third-order valence-electron chi connectivity index (χ3n) is 4.88. The van der Waals surface area contributed by atoms with Crippen LogP contribution in [0.3, 0.4) is 0 Å². The Morgan fingerprint density at radius 3 is 2.55 bits per heavy atom. The lowest BCUT2D eigenvalue weighted by molar-refractivity contribution is 0.0686. The van der Waals surface area contributed by atoms with Crippen LogP contribution in [0.4, 0.5) is 0 Å². The minimum Gasteiger partial charge on any atom is -0.485 e. The first-order valence-corrected chi connectivity index (χ1v) is 10.7. The zero-order valence-electron chi connectivity index (χ0n) is 16.4. The van der Waals surface area contributed by atoms with Crippen LogP contribution in [-0.4, -0.2) is 16.8 Å². The number of rotatable bonds is 5. The highest BCUT2D eigenvalue weighted by molar-refractivity contribution is 7.98. The van der Waals surface area contributed by atoms with E-state index < -0.39 is 6.10 Å². The predicted molar refractivity (Wildman–Crippen MR) is 116 cm³/mol. The van der Waals surface area contributed by atoms with E-state index in [-0.39, 0.29) is 0 Å². The molecule has 1 aromatic heterocycles. The first-order chi connectivity index (χ1) is 15.3. The molecular weight excluding hydrogens is 410 g/mol. The van der Waals surface area contributed by atoms with Gasteiger partial charge in [-0.25, -0.2) is 0 Å². The number of aromatic nitrogens is 2. The summed E-state index contributed by atoms with van der Waals surface area (Å²) in [6.07, 6.45) is -0.420. The summed E-state index contributed by atoms with van der Waals surface area (Å²) >= 11 is 1.46. The normalized spacial score (nSPS) is 14.7. The monoisotopic (exact) mass is 427 g/mol. The molecule has 0 N–H and O–H groups in total. The zero-order chi connectivity index (χ0) is 21.0. The fourth-order valence-electron chi connectivity index (χ4n) is 3.31. The molecule has 5 rings (SSSR count). The van der Waals surface area contributed by atoms with E-state index in [1.807, 2.05) is 72.8 Å². The minimum absolute atomic E-state index is 0.328. The van der Waals surface area contributed by atoms with Gasteiger partial charge in [-0.05, 0) is 34.9 Å². The molecule has 0 aliphatic carbocycles. The number of hydrogen-bond donors (Lipinski definition) is 0. The zero-order valence-corrected chi connectivity index (χ0v) is 17.2. The molecule has 1 aliphatic rings. The van der Waals surface area contributed by atoms with Crippen LogP contribution in [0, 0.1) is 11.3 Å². The van der Waals surface area contributed by atoms with E-state index in [1.54, 1.807) is 0 Å². The van der Waals surface area contributed by atoms with Crippen LogP contribution in [0.15, 0.2) is 82.4 Å². The van der Waals surface area contributed by atoms with Crippen LogP contribution in [-0.2, 0) is 5.75 Å². The maximum atomic E-state index is 9.30. The lowest BCUT2D eigenvalue weighted by Crippen LogP contribution is -2.21. The van der Waals surface area contributed by atoms with Crippen molar-refractivity contribution in [2.75, 3.05) is 6.61 Å². The second-order valence-corrected chi connectivity index (χ2v) is 7.84. The van der Waals surface area contributed by atoms with Crippen molar-refractivity contribution in [1.29, 1.82) is 5.26 Å². The molecule has 152 valence electrons. The van der Waals surface area contributed by atoms with Gasteiger partial charge in [-0.1, -0.05) is 66.4 Å². The molecule has 4 aromatic rings. The fourth-order valence-corrected chi connectivity index (χ4v) is 4.03. The van der Waals surface area contributed by atoms with E-state index in [1.165, 1.54) is 11.8 Å². The van der Waals surface area contributed by atoms with E-state index in [0.29, 0.717) is 40.5 Å². The Bertz CT molecular complexity index is 1250. The number of nitriles is 1. The van der Waals surface area contributed by atoms with Gasteiger partial charge in [-0.2, -0.15) is 5.26 Å².